The number of allylic oxidation sites excluding steroid dienone is 5. The van der Waals surface area contributed by atoms with Crippen LogP contribution in [0.1, 0.15) is 35.6 Å². The topological polar surface area (TPSA) is 29.0 Å². The summed E-state index contributed by atoms with van der Waals surface area (Å²) in [7, 11) is 0. The molecule has 3 heteroatoms. The molecule has 0 spiro atoms. The van der Waals surface area contributed by atoms with Crippen molar-refractivity contribution >= 4 is 28.9 Å². The van der Waals surface area contributed by atoms with Crippen LogP contribution in [0.3, 0.4) is 0 Å². The molecule has 0 saturated heterocycles. The lowest BCUT2D eigenvalue weighted by Crippen LogP contribution is -2.20. The zero-order valence-corrected chi connectivity index (χ0v) is 26.1. The molecule has 0 aliphatic carbocycles. The van der Waals surface area contributed by atoms with Gasteiger partial charge in [0.2, 0.25) is 5.95 Å². The predicted molar refractivity (Wildman–Crippen MR) is 193 cm³/mol. The third-order valence-electron chi connectivity index (χ3n) is 8.60. The molecular formula is C43H35N3. The molecule has 2 heterocycles. The van der Waals surface area contributed by atoms with Crippen LogP contribution in [0, 0.1) is 6.92 Å². The van der Waals surface area contributed by atoms with Crippen LogP contribution >= 0.6 is 0 Å². The molecule has 6 aromatic rings. The summed E-state index contributed by atoms with van der Waals surface area (Å²) in [5.74, 6) is 0.639. The molecule has 0 unspecified atom stereocenters. The smallest absolute Gasteiger partial charge is 0.234 e. The first-order valence-electron chi connectivity index (χ1n) is 15.7. The number of nitrogens with zero attached hydrogens (tertiary/aromatic N) is 3. The molecule has 5 aromatic carbocycles. The van der Waals surface area contributed by atoms with Gasteiger partial charge in [0.15, 0.2) is 0 Å². The number of rotatable bonds is 5. The minimum absolute atomic E-state index is 0.639. The molecule has 1 aromatic heterocycles. The van der Waals surface area contributed by atoms with Gasteiger partial charge in [-0.15, -0.1) is 0 Å². The Labute approximate surface area is 271 Å². The summed E-state index contributed by atoms with van der Waals surface area (Å²) in [6.45, 7) is 4.39. The quantitative estimate of drug-likeness (QED) is 0.199. The van der Waals surface area contributed by atoms with Crippen molar-refractivity contribution in [3.05, 3.63) is 186 Å². The lowest BCUT2D eigenvalue weighted by atomic mass is 9.92. The molecule has 0 amide bonds. The maximum Gasteiger partial charge on any atom is 0.234 e. The first-order valence-corrected chi connectivity index (χ1v) is 15.7. The van der Waals surface area contributed by atoms with Gasteiger partial charge in [-0.3, -0.25) is 4.90 Å². The number of anilines is 2. The van der Waals surface area contributed by atoms with Gasteiger partial charge in [-0.25, -0.2) is 9.97 Å². The summed E-state index contributed by atoms with van der Waals surface area (Å²) in [4.78, 5) is 12.4. The molecule has 0 radical (unpaired) electrons. The van der Waals surface area contributed by atoms with E-state index in [2.05, 4.69) is 164 Å². The van der Waals surface area contributed by atoms with Gasteiger partial charge >= 0.3 is 0 Å². The fraction of sp³-hybridized carbons (Fsp3) is 0.0698. The van der Waals surface area contributed by atoms with Crippen molar-refractivity contribution in [1.29, 1.82) is 0 Å². The molecule has 3 nitrogen and oxygen atoms in total. The second-order valence-corrected chi connectivity index (χ2v) is 11.5. The monoisotopic (exact) mass is 593 g/mol. The highest BCUT2D eigenvalue weighted by Crippen LogP contribution is 2.39. The van der Waals surface area contributed by atoms with Crippen LogP contribution in [-0.4, -0.2) is 9.97 Å². The average Bonchev–Trinajstić information content (AvgIpc) is 3.12. The highest BCUT2D eigenvalue weighted by Gasteiger charge is 2.22. The van der Waals surface area contributed by atoms with Crippen LogP contribution in [0.4, 0.5) is 11.6 Å². The average molecular weight is 594 g/mol. The SMILES string of the molecule is C/C1=C(/c2ccccc2C)C/C=C(c2ccccc2)\C=C\c2ccccc2N1c1nccc(-c2cccc(-c3ccccc3)c2)n1. The van der Waals surface area contributed by atoms with E-state index in [9.17, 15) is 0 Å². The number of aryl methyl sites for hydroxylation is 1. The minimum atomic E-state index is 0.639. The van der Waals surface area contributed by atoms with Crippen LogP contribution in [-0.2, 0) is 0 Å². The summed E-state index contributed by atoms with van der Waals surface area (Å²) in [6, 6.07) is 48.8. The Hall–Kier alpha value is -5.80. The van der Waals surface area contributed by atoms with Gasteiger partial charge < -0.3 is 0 Å². The standard InChI is InChI=1S/C43H35N3/c1-31-14-9-11-22-39(31)40-27-26-35(33-15-5-3-6-16-33)24-25-36-19-10-12-23-42(36)46(32(40)2)43-44-29-28-41(45-43)38-21-13-20-37(30-38)34-17-7-4-8-18-34/h3-26,28-30H,27H2,1-2H3/b25-24+,35-26+,40-32-. The minimum Gasteiger partial charge on any atom is -0.282 e. The van der Waals surface area contributed by atoms with E-state index < -0.39 is 0 Å². The zero-order chi connectivity index (χ0) is 31.3. The summed E-state index contributed by atoms with van der Waals surface area (Å²) in [5, 5.41) is 0. The van der Waals surface area contributed by atoms with E-state index in [4.69, 9.17) is 9.97 Å². The van der Waals surface area contributed by atoms with Crippen LogP contribution in [0.5, 0.6) is 0 Å². The van der Waals surface area contributed by atoms with E-state index in [1.807, 2.05) is 18.3 Å². The zero-order valence-electron chi connectivity index (χ0n) is 26.1. The highest BCUT2D eigenvalue weighted by atomic mass is 15.3. The van der Waals surface area contributed by atoms with Crippen LogP contribution in [0.25, 0.3) is 39.6 Å². The summed E-state index contributed by atoms with van der Waals surface area (Å²) in [6.07, 6.45) is 9.41. The van der Waals surface area contributed by atoms with E-state index >= 15 is 0 Å². The van der Waals surface area contributed by atoms with Crippen molar-refractivity contribution in [1.82, 2.24) is 9.97 Å². The second kappa shape index (κ2) is 13.1. The van der Waals surface area contributed by atoms with Gasteiger partial charge in [0, 0.05) is 17.5 Å². The Balaban J connectivity index is 1.41. The fourth-order valence-corrected chi connectivity index (χ4v) is 6.18. The third-order valence-corrected chi connectivity index (χ3v) is 8.60. The van der Waals surface area contributed by atoms with E-state index in [0.717, 1.165) is 40.2 Å². The molecule has 222 valence electrons. The molecular weight excluding hydrogens is 558 g/mol. The van der Waals surface area contributed by atoms with E-state index in [1.54, 1.807) is 0 Å². The first-order chi connectivity index (χ1) is 22.7. The Morgan fingerprint density at radius 2 is 1.26 bits per heavy atom. The van der Waals surface area contributed by atoms with Gasteiger partial charge in [-0.2, -0.15) is 0 Å². The Kier molecular flexibility index (Phi) is 8.21. The third kappa shape index (κ3) is 5.96. The number of para-hydroxylation sites is 1. The molecule has 0 fully saturated rings. The first kappa shape index (κ1) is 28.9. The van der Waals surface area contributed by atoms with E-state index in [0.29, 0.717) is 5.95 Å². The van der Waals surface area contributed by atoms with Crippen molar-refractivity contribution in [3.8, 4) is 22.4 Å². The summed E-state index contributed by atoms with van der Waals surface area (Å²) in [5.41, 5.74) is 13.6. The van der Waals surface area contributed by atoms with Gasteiger partial charge in [-0.05, 0) is 83.0 Å². The highest BCUT2D eigenvalue weighted by molar-refractivity contribution is 5.88. The molecule has 1 aliphatic rings. The number of aromatic nitrogens is 2. The largest absolute Gasteiger partial charge is 0.282 e. The van der Waals surface area contributed by atoms with Crippen molar-refractivity contribution in [2.75, 3.05) is 4.90 Å². The normalized spacial score (nSPS) is 16.7. The number of hydrogen-bond acceptors (Lipinski definition) is 3. The molecule has 0 atom stereocenters. The number of fused-ring (bicyclic) bond motifs is 1. The maximum atomic E-state index is 5.23. The van der Waals surface area contributed by atoms with Crippen LogP contribution in [0.2, 0.25) is 0 Å². The lowest BCUT2D eigenvalue weighted by Gasteiger charge is -2.29. The summed E-state index contributed by atoms with van der Waals surface area (Å²) < 4.78 is 0. The Morgan fingerprint density at radius 3 is 2.07 bits per heavy atom. The van der Waals surface area contributed by atoms with Gasteiger partial charge in [-0.1, -0.05) is 140 Å². The van der Waals surface area contributed by atoms with Crippen molar-refractivity contribution in [2.24, 2.45) is 0 Å². The Bertz CT molecular complexity index is 2090. The van der Waals surface area contributed by atoms with Crippen LogP contribution in [0.15, 0.2) is 164 Å². The van der Waals surface area contributed by atoms with E-state index in [1.165, 1.54) is 33.4 Å². The molecule has 46 heavy (non-hydrogen) atoms. The molecule has 0 N–H and O–H groups in total. The predicted octanol–water partition coefficient (Wildman–Crippen LogP) is 11.2. The van der Waals surface area contributed by atoms with Gasteiger partial charge in [0.1, 0.15) is 0 Å². The molecule has 0 saturated carbocycles. The van der Waals surface area contributed by atoms with Crippen LogP contribution < -0.4 is 4.90 Å². The molecule has 7 rings (SSSR count). The Morgan fingerprint density at radius 1 is 0.587 bits per heavy atom. The maximum absolute atomic E-state index is 5.23. The summed E-state index contributed by atoms with van der Waals surface area (Å²) >= 11 is 0. The number of hydrogen-bond donors (Lipinski definition) is 0. The molecule has 1 aliphatic heterocycles. The van der Waals surface area contributed by atoms with Crippen molar-refractivity contribution in [3.63, 3.8) is 0 Å². The number of benzene rings is 5. The van der Waals surface area contributed by atoms with Gasteiger partial charge in [0.05, 0.1) is 11.4 Å². The van der Waals surface area contributed by atoms with Crippen molar-refractivity contribution in [2.45, 2.75) is 20.3 Å². The lowest BCUT2D eigenvalue weighted by molar-refractivity contribution is 1.02. The van der Waals surface area contributed by atoms with E-state index in [-0.39, 0.29) is 0 Å². The van der Waals surface area contributed by atoms with Crippen molar-refractivity contribution < 1.29 is 0 Å². The van der Waals surface area contributed by atoms with Gasteiger partial charge in [0.25, 0.3) is 0 Å². The molecule has 0 bridgehead atoms. The fourth-order valence-electron chi connectivity index (χ4n) is 6.18. The second-order valence-electron chi connectivity index (χ2n) is 11.5.